The second-order valence-corrected chi connectivity index (χ2v) is 9.43. The fraction of sp³-hybridized carbons (Fsp3) is 0.435. The molecule has 8 nitrogen and oxygen atoms in total. The molecule has 0 bridgehead atoms. The molecule has 2 atom stereocenters. The number of amides is 3. The highest BCUT2D eigenvalue weighted by atomic mass is 35.5. The van der Waals surface area contributed by atoms with E-state index in [-0.39, 0.29) is 36.6 Å². The first kappa shape index (κ1) is 23.4. The van der Waals surface area contributed by atoms with Gasteiger partial charge in [0.2, 0.25) is 11.8 Å². The highest BCUT2D eigenvalue weighted by Gasteiger charge is 2.47. The molecule has 0 radical (unpaired) electrons. The van der Waals surface area contributed by atoms with Crippen LogP contribution in [0.4, 0.5) is 0 Å². The summed E-state index contributed by atoms with van der Waals surface area (Å²) in [5, 5.41) is 2.42. The predicted octanol–water partition coefficient (Wildman–Crippen LogP) is 2.79. The van der Waals surface area contributed by atoms with Crippen LogP contribution in [0.2, 0.25) is 5.02 Å². The molecule has 0 spiro atoms. The van der Waals surface area contributed by atoms with Gasteiger partial charge in [0, 0.05) is 23.1 Å². The van der Waals surface area contributed by atoms with E-state index in [2.05, 4.69) is 4.99 Å². The Morgan fingerprint density at radius 3 is 2.52 bits per heavy atom. The number of rotatable bonds is 7. The number of imide groups is 1. The normalized spacial score (nSPS) is 20.8. The van der Waals surface area contributed by atoms with Gasteiger partial charge in [-0.25, -0.2) is 0 Å². The summed E-state index contributed by atoms with van der Waals surface area (Å²) in [4.78, 5) is 54.9. The Kier molecular flexibility index (Phi) is 7.39. The van der Waals surface area contributed by atoms with Crippen LogP contribution in [0.5, 0.6) is 0 Å². The van der Waals surface area contributed by atoms with Crippen molar-refractivity contribution in [3.63, 3.8) is 0 Å². The quantitative estimate of drug-likeness (QED) is 0.440. The molecule has 174 valence electrons. The Morgan fingerprint density at radius 2 is 1.82 bits per heavy atom. The van der Waals surface area contributed by atoms with Crippen LogP contribution >= 0.6 is 22.9 Å². The molecule has 1 aliphatic carbocycles. The standard InChI is InChI=1S/C23H24ClN3O5S/c24-18-8-4-1-5-15(18)13-26-11-12-33-23(26)25-19(28)14-32-20(29)9-10-27-21(30)16-6-2-3-7-17(16)22(27)31/h1,4-5,8,11-12,16-17H,2-3,6-7,9-10,13-14H2/t16-,17-/m0/s1. The van der Waals surface area contributed by atoms with Gasteiger partial charge in [-0.05, 0) is 24.5 Å². The third-order valence-electron chi connectivity index (χ3n) is 6.01. The summed E-state index contributed by atoms with van der Waals surface area (Å²) in [6.07, 6.45) is 5.01. The Hall–Kier alpha value is -2.78. The van der Waals surface area contributed by atoms with Gasteiger partial charge in [-0.2, -0.15) is 4.99 Å². The van der Waals surface area contributed by atoms with Crippen molar-refractivity contribution >= 4 is 46.6 Å². The lowest BCUT2D eigenvalue weighted by molar-refractivity contribution is -0.149. The third-order valence-corrected chi connectivity index (χ3v) is 7.17. The van der Waals surface area contributed by atoms with Crippen molar-refractivity contribution < 1.29 is 23.9 Å². The van der Waals surface area contributed by atoms with Gasteiger partial charge in [-0.3, -0.25) is 24.1 Å². The van der Waals surface area contributed by atoms with Crippen LogP contribution in [0.25, 0.3) is 0 Å². The van der Waals surface area contributed by atoms with Gasteiger partial charge in [0.05, 0.1) is 24.8 Å². The molecule has 2 heterocycles. The second kappa shape index (κ2) is 10.4. The van der Waals surface area contributed by atoms with Gasteiger partial charge < -0.3 is 9.30 Å². The lowest BCUT2D eigenvalue weighted by Crippen LogP contribution is -2.33. The molecule has 3 amide bonds. The van der Waals surface area contributed by atoms with Crippen molar-refractivity contribution in [2.24, 2.45) is 16.8 Å². The summed E-state index contributed by atoms with van der Waals surface area (Å²) in [5.41, 5.74) is 0.892. The van der Waals surface area contributed by atoms with E-state index in [1.807, 2.05) is 18.2 Å². The van der Waals surface area contributed by atoms with Crippen LogP contribution < -0.4 is 4.80 Å². The third kappa shape index (κ3) is 5.42. The van der Waals surface area contributed by atoms with Crippen molar-refractivity contribution in [3.05, 3.63) is 51.2 Å². The Bertz CT molecular complexity index is 1120. The van der Waals surface area contributed by atoms with Crippen molar-refractivity contribution in [1.82, 2.24) is 9.47 Å². The maximum atomic E-state index is 12.5. The molecule has 10 heteroatoms. The first-order valence-corrected chi connectivity index (χ1v) is 12.2. The van der Waals surface area contributed by atoms with Crippen molar-refractivity contribution in [3.8, 4) is 0 Å². The molecule has 1 saturated heterocycles. The molecule has 0 N–H and O–H groups in total. The van der Waals surface area contributed by atoms with E-state index in [1.54, 1.807) is 22.2 Å². The smallest absolute Gasteiger partial charge is 0.308 e. The maximum absolute atomic E-state index is 12.5. The lowest BCUT2D eigenvalue weighted by atomic mass is 9.81. The Morgan fingerprint density at radius 1 is 1.12 bits per heavy atom. The number of hydrogen-bond donors (Lipinski definition) is 0. The predicted molar refractivity (Wildman–Crippen MR) is 121 cm³/mol. The highest BCUT2D eigenvalue weighted by molar-refractivity contribution is 7.07. The number of esters is 1. The fourth-order valence-corrected chi connectivity index (χ4v) is 5.27. The average molecular weight is 490 g/mol. The van der Waals surface area contributed by atoms with E-state index in [0.29, 0.717) is 16.4 Å². The largest absolute Gasteiger partial charge is 0.455 e. The number of likely N-dealkylation sites (tertiary alicyclic amines) is 1. The van der Waals surface area contributed by atoms with Gasteiger partial charge in [0.1, 0.15) is 0 Å². The molecule has 2 aromatic rings. The molecular formula is C23H24ClN3O5S. The minimum absolute atomic E-state index is 0.0163. The summed E-state index contributed by atoms with van der Waals surface area (Å²) >= 11 is 7.49. The molecule has 0 unspecified atom stereocenters. The molecule has 33 heavy (non-hydrogen) atoms. The minimum Gasteiger partial charge on any atom is -0.455 e. The number of benzene rings is 1. The van der Waals surface area contributed by atoms with Crippen molar-refractivity contribution in [2.75, 3.05) is 13.2 Å². The van der Waals surface area contributed by atoms with Gasteiger partial charge >= 0.3 is 5.97 Å². The van der Waals surface area contributed by atoms with Gasteiger partial charge in [0.15, 0.2) is 11.4 Å². The highest BCUT2D eigenvalue weighted by Crippen LogP contribution is 2.37. The van der Waals surface area contributed by atoms with E-state index in [1.165, 1.54) is 16.2 Å². The van der Waals surface area contributed by atoms with Crippen molar-refractivity contribution in [2.45, 2.75) is 38.6 Å². The number of nitrogens with zero attached hydrogens (tertiary/aromatic N) is 3. The first-order chi connectivity index (χ1) is 15.9. The average Bonchev–Trinajstić information content (AvgIpc) is 3.34. The molecule has 1 aromatic heterocycles. The zero-order valence-corrected chi connectivity index (χ0v) is 19.5. The number of fused-ring (bicyclic) bond motifs is 1. The monoisotopic (exact) mass is 489 g/mol. The molecule has 1 aliphatic heterocycles. The van der Waals surface area contributed by atoms with Crippen LogP contribution in [-0.2, 0) is 30.5 Å². The number of carbonyl (C=O) groups is 4. The number of thiazole rings is 1. The number of aromatic nitrogens is 1. The Labute approximate surface area is 199 Å². The zero-order valence-electron chi connectivity index (χ0n) is 17.9. The van der Waals surface area contributed by atoms with E-state index in [9.17, 15) is 19.2 Å². The summed E-state index contributed by atoms with van der Waals surface area (Å²) in [7, 11) is 0. The molecule has 1 saturated carbocycles. The summed E-state index contributed by atoms with van der Waals surface area (Å²) in [5.74, 6) is -2.12. The number of ether oxygens (including phenoxy) is 1. The van der Waals surface area contributed by atoms with Crippen LogP contribution in [0, 0.1) is 11.8 Å². The van der Waals surface area contributed by atoms with Gasteiger partial charge in [-0.1, -0.05) is 42.6 Å². The maximum Gasteiger partial charge on any atom is 0.308 e. The SMILES string of the molecule is O=C(COC(=O)CCN1C(=O)[C@H]2CCCC[C@@H]2C1=O)N=c1sccn1Cc1ccccc1Cl. The van der Waals surface area contributed by atoms with Gasteiger partial charge in [0.25, 0.3) is 5.91 Å². The van der Waals surface area contributed by atoms with Crippen LogP contribution in [0.1, 0.15) is 37.7 Å². The second-order valence-electron chi connectivity index (χ2n) is 8.15. The number of carbonyl (C=O) groups excluding carboxylic acids is 4. The summed E-state index contributed by atoms with van der Waals surface area (Å²) < 4.78 is 6.81. The lowest BCUT2D eigenvalue weighted by Gasteiger charge is -2.19. The number of halogens is 1. The summed E-state index contributed by atoms with van der Waals surface area (Å²) in [6.45, 7) is -0.0669. The van der Waals surface area contributed by atoms with Gasteiger partial charge in [-0.15, -0.1) is 11.3 Å². The fourth-order valence-electron chi connectivity index (χ4n) is 4.33. The topological polar surface area (TPSA) is 98.0 Å². The molecule has 2 aliphatic rings. The summed E-state index contributed by atoms with van der Waals surface area (Å²) in [6, 6.07) is 7.41. The zero-order chi connectivity index (χ0) is 23.4. The van der Waals surface area contributed by atoms with E-state index < -0.39 is 18.5 Å². The van der Waals surface area contributed by atoms with E-state index in [4.69, 9.17) is 16.3 Å². The molecule has 2 fully saturated rings. The molecule has 4 rings (SSSR count). The van der Waals surface area contributed by atoms with Crippen LogP contribution in [0.15, 0.2) is 40.8 Å². The van der Waals surface area contributed by atoms with Crippen LogP contribution in [0.3, 0.4) is 0 Å². The molecular weight excluding hydrogens is 466 g/mol. The van der Waals surface area contributed by atoms with Crippen molar-refractivity contribution in [1.29, 1.82) is 0 Å². The van der Waals surface area contributed by atoms with Crippen LogP contribution in [-0.4, -0.2) is 46.3 Å². The first-order valence-electron chi connectivity index (χ1n) is 10.9. The number of hydrogen-bond acceptors (Lipinski definition) is 6. The Balaban J connectivity index is 1.28. The molecule has 1 aromatic carbocycles. The van der Waals surface area contributed by atoms with E-state index >= 15 is 0 Å². The minimum atomic E-state index is -0.649. The van der Waals surface area contributed by atoms with E-state index in [0.717, 1.165) is 31.2 Å².